The number of anilines is 1. The van der Waals surface area contributed by atoms with Gasteiger partial charge >= 0.3 is 0 Å². The molecule has 1 aromatic heterocycles. The van der Waals surface area contributed by atoms with E-state index in [2.05, 4.69) is 9.29 Å². The monoisotopic (exact) mass is 392 g/mol. The standard InChI is InChI=1S/C20H22F2N2O2S/c1-12(2)24-11-18(14-5-7-16(20(21)22)13(3)9-14)17-8-6-15(10-19(17)24)23-27(4,25)26/h5-12,20,23H,1-4H3. The summed E-state index contributed by atoms with van der Waals surface area (Å²) in [5.74, 6) is 0. The summed E-state index contributed by atoms with van der Waals surface area (Å²) in [7, 11) is -3.37. The molecule has 7 heteroatoms. The van der Waals surface area contributed by atoms with Crippen molar-refractivity contribution in [2.24, 2.45) is 0 Å². The number of alkyl halides is 2. The smallest absolute Gasteiger partial charge is 0.264 e. The predicted octanol–water partition coefficient (Wildman–Crippen LogP) is 5.51. The SMILES string of the molecule is Cc1cc(-c2cn(C(C)C)c3cc(NS(C)(=O)=O)ccc23)ccc1C(F)F. The van der Waals surface area contributed by atoms with E-state index in [-0.39, 0.29) is 11.6 Å². The first kappa shape index (κ1) is 19.4. The van der Waals surface area contributed by atoms with Crippen molar-refractivity contribution in [2.75, 3.05) is 11.0 Å². The van der Waals surface area contributed by atoms with Gasteiger partial charge in [-0.2, -0.15) is 0 Å². The van der Waals surface area contributed by atoms with Crippen LogP contribution < -0.4 is 4.72 Å². The fraction of sp³-hybridized carbons (Fsp3) is 0.300. The van der Waals surface area contributed by atoms with Gasteiger partial charge in [0.15, 0.2) is 0 Å². The summed E-state index contributed by atoms with van der Waals surface area (Å²) in [4.78, 5) is 0. The topological polar surface area (TPSA) is 51.1 Å². The number of nitrogens with zero attached hydrogens (tertiary/aromatic N) is 1. The van der Waals surface area contributed by atoms with Crippen LogP contribution in [0.2, 0.25) is 0 Å². The Kier molecular flexibility index (Phi) is 4.99. The summed E-state index contributed by atoms with van der Waals surface area (Å²) in [5.41, 5.74) is 3.72. The quantitative estimate of drug-likeness (QED) is 0.623. The molecule has 27 heavy (non-hydrogen) atoms. The molecule has 4 nitrogen and oxygen atoms in total. The highest BCUT2D eigenvalue weighted by Crippen LogP contribution is 2.36. The number of fused-ring (bicyclic) bond motifs is 1. The lowest BCUT2D eigenvalue weighted by Gasteiger charge is -2.10. The molecule has 0 aliphatic heterocycles. The second-order valence-corrected chi connectivity index (χ2v) is 8.77. The summed E-state index contributed by atoms with van der Waals surface area (Å²) in [5, 5.41) is 0.937. The number of halogens is 2. The Balaban J connectivity index is 2.18. The minimum Gasteiger partial charge on any atom is -0.344 e. The van der Waals surface area contributed by atoms with Gasteiger partial charge in [0.05, 0.1) is 17.5 Å². The molecule has 0 amide bonds. The van der Waals surface area contributed by atoms with Gasteiger partial charge in [-0.15, -0.1) is 0 Å². The zero-order valence-electron chi connectivity index (χ0n) is 15.6. The van der Waals surface area contributed by atoms with E-state index in [1.165, 1.54) is 6.07 Å². The number of benzene rings is 2. The molecule has 3 rings (SSSR count). The number of hydrogen-bond donors (Lipinski definition) is 1. The molecule has 0 radical (unpaired) electrons. The summed E-state index contributed by atoms with van der Waals surface area (Å²) in [6, 6.07) is 10.4. The molecule has 0 atom stereocenters. The third kappa shape index (κ3) is 3.98. The number of nitrogens with one attached hydrogen (secondary N) is 1. The van der Waals surface area contributed by atoms with Gasteiger partial charge < -0.3 is 4.57 Å². The van der Waals surface area contributed by atoms with Crippen LogP contribution in [-0.4, -0.2) is 19.2 Å². The van der Waals surface area contributed by atoms with Crippen molar-refractivity contribution in [3.05, 3.63) is 53.7 Å². The Morgan fingerprint density at radius 3 is 2.33 bits per heavy atom. The van der Waals surface area contributed by atoms with Crippen LogP contribution >= 0.6 is 0 Å². The average Bonchev–Trinajstić information content (AvgIpc) is 2.91. The van der Waals surface area contributed by atoms with E-state index >= 15 is 0 Å². The van der Waals surface area contributed by atoms with E-state index in [0.29, 0.717) is 11.3 Å². The van der Waals surface area contributed by atoms with Crippen molar-refractivity contribution in [3.63, 3.8) is 0 Å². The van der Waals surface area contributed by atoms with Gasteiger partial charge in [-0.3, -0.25) is 4.72 Å². The van der Waals surface area contributed by atoms with Gasteiger partial charge in [-0.05, 0) is 44.0 Å². The molecule has 0 spiro atoms. The van der Waals surface area contributed by atoms with E-state index in [1.54, 1.807) is 31.2 Å². The largest absolute Gasteiger partial charge is 0.344 e. The first-order chi connectivity index (χ1) is 12.6. The maximum atomic E-state index is 13.0. The minimum absolute atomic E-state index is 0.0333. The maximum Gasteiger partial charge on any atom is 0.264 e. The van der Waals surface area contributed by atoms with Gasteiger partial charge in [0, 0.05) is 28.8 Å². The zero-order valence-corrected chi connectivity index (χ0v) is 16.4. The van der Waals surface area contributed by atoms with E-state index in [1.807, 2.05) is 26.1 Å². The molecule has 2 aromatic carbocycles. The van der Waals surface area contributed by atoms with Gasteiger partial charge in [0.25, 0.3) is 6.43 Å². The second-order valence-electron chi connectivity index (χ2n) is 7.02. The van der Waals surface area contributed by atoms with Gasteiger partial charge in [0.1, 0.15) is 0 Å². The van der Waals surface area contributed by atoms with Crippen LogP contribution in [-0.2, 0) is 10.0 Å². The van der Waals surface area contributed by atoms with E-state index in [9.17, 15) is 17.2 Å². The number of sulfonamides is 1. The van der Waals surface area contributed by atoms with Gasteiger partial charge in [-0.25, -0.2) is 17.2 Å². The molecule has 0 aliphatic rings. The zero-order chi connectivity index (χ0) is 19.9. The van der Waals surface area contributed by atoms with Crippen LogP contribution in [0.1, 0.15) is 37.4 Å². The van der Waals surface area contributed by atoms with E-state index < -0.39 is 16.4 Å². The van der Waals surface area contributed by atoms with E-state index in [0.717, 1.165) is 28.3 Å². The van der Waals surface area contributed by atoms with Crippen LogP contribution in [0.15, 0.2) is 42.6 Å². The number of aryl methyl sites for hydroxylation is 1. The highest BCUT2D eigenvalue weighted by atomic mass is 32.2. The summed E-state index contributed by atoms with van der Waals surface area (Å²) >= 11 is 0. The normalized spacial score (nSPS) is 12.3. The fourth-order valence-corrected chi connectivity index (χ4v) is 3.83. The first-order valence-electron chi connectivity index (χ1n) is 8.58. The van der Waals surface area contributed by atoms with Crippen molar-refractivity contribution in [1.82, 2.24) is 4.57 Å². The number of rotatable bonds is 5. The lowest BCUT2D eigenvalue weighted by molar-refractivity contribution is 0.150. The second kappa shape index (κ2) is 6.96. The molecule has 144 valence electrons. The fourth-order valence-electron chi connectivity index (χ4n) is 3.27. The minimum atomic E-state index is -3.37. The first-order valence-corrected chi connectivity index (χ1v) is 10.5. The van der Waals surface area contributed by atoms with Crippen LogP contribution in [0, 0.1) is 6.92 Å². The molecule has 0 fully saturated rings. The van der Waals surface area contributed by atoms with Crippen molar-refractivity contribution in [2.45, 2.75) is 33.2 Å². The molecule has 3 aromatic rings. The van der Waals surface area contributed by atoms with Crippen molar-refractivity contribution >= 4 is 26.6 Å². The molecule has 0 bridgehead atoms. The maximum absolute atomic E-state index is 13.0. The Labute approximate surface area is 157 Å². The molecular formula is C20H22F2N2O2S. The highest BCUT2D eigenvalue weighted by Gasteiger charge is 2.16. The predicted molar refractivity (Wildman–Crippen MR) is 106 cm³/mol. The molecule has 0 aliphatic carbocycles. The molecular weight excluding hydrogens is 370 g/mol. The summed E-state index contributed by atoms with van der Waals surface area (Å²) in [6.45, 7) is 5.75. The van der Waals surface area contributed by atoms with Crippen LogP contribution in [0.3, 0.4) is 0 Å². The van der Waals surface area contributed by atoms with Crippen molar-refractivity contribution < 1.29 is 17.2 Å². The summed E-state index contributed by atoms with van der Waals surface area (Å²) in [6.07, 6.45) is 0.592. The van der Waals surface area contributed by atoms with Crippen molar-refractivity contribution in [3.8, 4) is 11.1 Å². The molecule has 1 heterocycles. The van der Waals surface area contributed by atoms with Crippen LogP contribution in [0.25, 0.3) is 22.0 Å². The third-order valence-electron chi connectivity index (χ3n) is 4.51. The molecule has 0 saturated heterocycles. The lowest BCUT2D eigenvalue weighted by atomic mass is 9.99. The number of aromatic nitrogens is 1. The van der Waals surface area contributed by atoms with Crippen molar-refractivity contribution in [1.29, 1.82) is 0 Å². The van der Waals surface area contributed by atoms with Gasteiger partial charge in [0.2, 0.25) is 10.0 Å². The van der Waals surface area contributed by atoms with Crippen LogP contribution in [0.4, 0.5) is 14.5 Å². The number of hydrogen-bond acceptors (Lipinski definition) is 2. The molecule has 0 unspecified atom stereocenters. The molecule has 0 saturated carbocycles. The Morgan fingerprint density at radius 2 is 1.78 bits per heavy atom. The Hall–Kier alpha value is -2.41. The average molecular weight is 392 g/mol. The molecule has 1 N–H and O–H groups in total. The highest BCUT2D eigenvalue weighted by molar-refractivity contribution is 7.92. The Bertz CT molecular complexity index is 1100. The Morgan fingerprint density at radius 1 is 1.07 bits per heavy atom. The third-order valence-corrected chi connectivity index (χ3v) is 5.12. The van der Waals surface area contributed by atoms with Gasteiger partial charge in [-0.1, -0.05) is 24.3 Å². The van der Waals surface area contributed by atoms with E-state index in [4.69, 9.17) is 0 Å². The lowest BCUT2D eigenvalue weighted by Crippen LogP contribution is -2.09. The van der Waals surface area contributed by atoms with Crippen LogP contribution in [0.5, 0.6) is 0 Å². The summed E-state index contributed by atoms with van der Waals surface area (Å²) < 4.78 is 53.7.